The van der Waals surface area contributed by atoms with Gasteiger partial charge in [0.1, 0.15) is 5.75 Å². The Labute approximate surface area is 116 Å². The predicted octanol–water partition coefficient (Wildman–Crippen LogP) is 4.10. The average molecular weight is 296 g/mol. The fraction of sp³-hybridized carbons (Fsp3) is 0.385. The number of ether oxygens (including phenoxy) is 1. The smallest absolute Gasteiger partial charge is 0.416 e. The lowest BCUT2D eigenvalue weighted by atomic mass is 10.00. The Kier molecular flexibility index (Phi) is 6.94. The van der Waals surface area contributed by atoms with Crippen molar-refractivity contribution in [3.05, 3.63) is 42.0 Å². The minimum absolute atomic E-state index is 0. The first-order valence-electron chi connectivity index (χ1n) is 5.51. The summed E-state index contributed by atoms with van der Waals surface area (Å²) in [6, 6.07) is 3.10. The van der Waals surface area contributed by atoms with Gasteiger partial charge in [-0.2, -0.15) is 13.2 Å². The van der Waals surface area contributed by atoms with Crippen molar-refractivity contribution >= 4 is 12.4 Å². The Bertz CT molecular complexity index is 421. The molecule has 6 heteroatoms. The molecule has 0 saturated heterocycles. The molecule has 0 heterocycles. The van der Waals surface area contributed by atoms with Crippen molar-refractivity contribution in [1.82, 2.24) is 0 Å². The van der Waals surface area contributed by atoms with Crippen LogP contribution in [0, 0.1) is 0 Å². The topological polar surface area (TPSA) is 35.2 Å². The molecule has 1 atom stereocenters. The first-order valence-corrected chi connectivity index (χ1v) is 5.51. The number of nitrogens with two attached hydrogens (primary N) is 1. The van der Waals surface area contributed by atoms with Crippen molar-refractivity contribution in [3.63, 3.8) is 0 Å². The van der Waals surface area contributed by atoms with Crippen LogP contribution < -0.4 is 10.5 Å². The lowest BCUT2D eigenvalue weighted by Gasteiger charge is -2.15. The summed E-state index contributed by atoms with van der Waals surface area (Å²) in [6.45, 7) is 3.56. The van der Waals surface area contributed by atoms with Crippen LogP contribution in [-0.4, -0.2) is 7.11 Å². The number of alkyl halides is 3. The summed E-state index contributed by atoms with van der Waals surface area (Å²) in [5.41, 5.74) is 5.52. The zero-order chi connectivity index (χ0) is 13.8. The first-order chi connectivity index (χ1) is 8.38. The monoisotopic (exact) mass is 295 g/mol. The van der Waals surface area contributed by atoms with Gasteiger partial charge < -0.3 is 10.5 Å². The summed E-state index contributed by atoms with van der Waals surface area (Å²) in [7, 11) is 1.33. The Morgan fingerprint density at radius 2 is 2.00 bits per heavy atom. The highest BCUT2D eigenvalue weighted by Crippen LogP contribution is 2.34. The number of halogens is 4. The van der Waals surface area contributed by atoms with Crippen LogP contribution in [0.15, 0.2) is 30.9 Å². The van der Waals surface area contributed by atoms with E-state index in [-0.39, 0.29) is 18.2 Å². The molecule has 0 unspecified atom stereocenters. The molecule has 108 valence electrons. The molecule has 0 bridgehead atoms. The lowest BCUT2D eigenvalue weighted by Crippen LogP contribution is -2.13. The Balaban J connectivity index is 0.00000324. The maximum atomic E-state index is 12.7. The molecule has 2 N–H and O–H groups in total. The SMILES string of the molecule is C=CCC[C@H](N)c1cc(OC)cc(C(F)(F)F)c1.Cl. The lowest BCUT2D eigenvalue weighted by molar-refractivity contribution is -0.137. The van der Waals surface area contributed by atoms with Gasteiger partial charge in [0.2, 0.25) is 0 Å². The van der Waals surface area contributed by atoms with Crippen LogP contribution in [0.2, 0.25) is 0 Å². The van der Waals surface area contributed by atoms with E-state index in [0.717, 1.165) is 12.1 Å². The standard InChI is InChI=1S/C13H16F3NO.ClH/c1-3-4-5-12(17)9-6-10(13(14,15)16)8-11(7-9)18-2;/h3,6-8,12H,1,4-5,17H2,2H3;1H/t12-;/m0./s1. The summed E-state index contributed by atoms with van der Waals surface area (Å²) in [4.78, 5) is 0. The molecule has 0 saturated carbocycles. The van der Waals surface area contributed by atoms with Crippen molar-refractivity contribution in [2.45, 2.75) is 25.1 Å². The van der Waals surface area contributed by atoms with E-state index in [9.17, 15) is 13.2 Å². The van der Waals surface area contributed by atoms with Gasteiger partial charge in [-0.05, 0) is 36.6 Å². The van der Waals surface area contributed by atoms with Gasteiger partial charge in [-0.3, -0.25) is 0 Å². The molecule has 0 aromatic heterocycles. The van der Waals surface area contributed by atoms with Crippen molar-refractivity contribution in [2.24, 2.45) is 5.73 Å². The van der Waals surface area contributed by atoms with Crippen molar-refractivity contribution < 1.29 is 17.9 Å². The molecule has 0 aliphatic carbocycles. The zero-order valence-corrected chi connectivity index (χ0v) is 11.4. The van der Waals surface area contributed by atoms with Crippen LogP contribution in [-0.2, 0) is 6.18 Å². The number of benzene rings is 1. The highest BCUT2D eigenvalue weighted by Gasteiger charge is 2.31. The van der Waals surface area contributed by atoms with Gasteiger partial charge in [-0.25, -0.2) is 0 Å². The summed E-state index contributed by atoms with van der Waals surface area (Å²) in [5.74, 6) is 0.161. The molecule has 0 amide bonds. The molecular formula is C13H17ClF3NO. The van der Waals surface area contributed by atoms with Gasteiger partial charge in [0, 0.05) is 6.04 Å². The summed E-state index contributed by atoms with van der Waals surface area (Å²) in [5, 5.41) is 0. The predicted molar refractivity (Wildman–Crippen MR) is 71.6 cm³/mol. The van der Waals surface area contributed by atoms with E-state index in [2.05, 4.69) is 6.58 Å². The van der Waals surface area contributed by atoms with E-state index in [0.29, 0.717) is 18.4 Å². The van der Waals surface area contributed by atoms with Crippen LogP contribution in [0.4, 0.5) is 13.2 Å². The highest BCUT2D eigenvalue weighted by atomic mass is 35.5. The molecule has 19 heavy (non-hydrogen) atoms. The normalized spacial score (nSPS) is 12.5. The van der Waals surface area contributed by atoms with Gasteiger partial charge in [0.25, 0.3) is 0 Å². The Morgan fingerprint density at radius 3 is 2.47 bits per heavy atom. The third kappa shape index (κ3) is 5.12. The fourth-order valence-corrected chi connectivity index (χ4v) is 1.58. The fourth-order valence-electron chi connectivity index (χ4n) is 1.58. The number of allylic oxidation sites excluding steroid dienone is 1. The third-order valence-electron chi connectivity index (χ3n) is 2.60. The van der Waals surface area contributed by atoms with Crippen LogP contribution in [0.1, 0.15) is 30.0 Å². The number of hydrogen-bond acceptors (Lipinski definition) is 2. The average Bonchev–Trinajstić information content (AvgIpc) is 2.34. The third-order valence-corrected chi connectivity index (χ3v) is 2.60. The van der Waals surface area contributed by atoms with E-state index >= 15 is 0 Å². The molecule has 1 rings (SSSR count). The van der Waals surface area contributed by atoms with Crippen molar-refractivity contribution in [1.29, 1.82) is 0 Å². The minimum Gasteiger partial charge on any atom is -0.497 e. The first kappa shape index (κ1) is 17.8. The molecular weight excluding hydrogens is 279 g/mol. The van der Waals surface area contributed by atoms with E-state index in [4.69, 9.17) is 10.5 Å². The van der Waals surface area contributed by atoms with Crippen molar-refractivity contribution in [3.8, 4) is 5.75 Å². The second-order valence-corrected chi connectivity index (χ2v) is 3.97. The second-order valence-electron chi connectivity index (χ2n) is 3.97. The van der Waals surface area contributed by atoms with E-state index in [1.54, 1.807) is 6.08 Å². The van der Waals surface area contributed by atoms with Crippen molar-refractivity contribution in [2.75, 3.05) is 7.11 Å². The quantitative estimate of drug-likeness (QED) is 0.830. The van der Waals surface area contributed by atoms with E-state index in [1.165, 1.54) is 13.2 Å². The van der Waals surface area contributed by atoms with Crippen LogP contribution >= 0.6 is 12.4 Å². The Hall–Kier alpha value is -1.20. The van der Waals surface area contributed by atoms with Gasteiger partial charge in [0.15, 0.2) is 0 Å². The second kappa shape index (κ2) is 7.40. The molecule has 2 nitrogen and oxygen atoms in total. The van der Waals surface area contributed by atoms with Crippen LogP contribution in [0.25, 0.3) is 0 Å². The summed E-state index contributed by atoms with van der Waals surface area (Å²) in [6.07, 6.45) is -1.51. The number of rotatable bonds is 5. The summed E-state index contributed by atoms with van der Waals surface area (Å²) < 4.78 is 42.9. The van der Waals surface area contributed by atoms with E-state index < -0.39 is 17.8 Å². The molecule has 0 aliphatic rings. The van der Waals surface area contributed by atoms with Crippen LogP contribution in [0.5, 0.6) is 5.75 Å². The number of hydrogen-bond donors (Lipinski definition) is 1. The highest BCUT2D eigenvalue weighted by molar-refractivity contribution is 5.85. The number of methoxy groups -OCH3 is 1. The maximum Gasteiger partial charge on any atom is 0.416 e. The minimum atomic E-state index is -4.40. The molecule has 0 fully saturated rings. The molecule has 1 aromatic carbocycles. The largest absolute Gasteiger partial charge is 0.497 e. The van der Waals surface area contributed by atoms with Crippen LogP contribution in [0.3, 0.4) is 0 Å². The van der Waals surface area contributed by atoms with Gasteiger partial charge in [-0.1, -0.05) is 6.08 Å². The summed E-state index contributed by atoms with van der Waals surface area (Å²) >= 11 is 0. The van der Waals surface area contributed by atoms with E-state index in [1.807, 2.05) is 0 Å². The maximum absolute atomic E-state index is 12.7. The van der Waals surface area contributed by atoms with Gasteiger partial charge >= 0.3 is 6.18 Å². The molecule has 0 spiro atoms. The molecule has 0 aliphatic heterocycles. The van der Waals surface area contributed by atoms with Gasteiger partial charge in [-0.15, -0.1) is 19.0 Å². The Morgan fingerprint density at radius 1 is 1.37 bits per heavy atom. The van der Waals surface area contributed by atoms with Gasteiger partial charge in [0.05, 0.1) is 12.7 Å². The molecule has 1 aromatic rings. The molecule has 0 radical (unpaired) electrons. The zero-order valence-electron chi connectivity index (χ0n) is 10.5.